The molecule has 1 heterocycles. The molecular weight excluding hydrogens is 216 g/mol. The van der Waals surface area contributed by atoms with Gasteiger partial charge in [0.1, 0.15) is 0 Å². The summed E-state index contributed by atoms with van der Waals surface area (Å²) in [4.78, 5) is 11.8. The SMILES string of the molecule is COCCCNC(=O)c1ccn(C(C)(C)C)c1. The molecule has 0 unspecified atom stereocenters. The van der Waals surface area contributed by atoms with E-state index in [1.54, 1.807) is 7.11 Å². The van der Waals surface area contributed by atoms with Crippen molar-refractivity contribution in [3.8, 4) is 0 Å². The van der Waals surface area contributed by atoms with Crippen molar-refractivity contribution in [2.75, 3.05) is 20.3 Å². The molecule has 17 heavy (non-hydrogen) atoms. The minimum atomic E-state index is -0.0240. The smallest absolute Gasteiger partial charge is 0.252 e. The number of nitrogens with zero attached hydrogens (tertiary/aromatic N) is 1. The van der Waals surface area contributed by atoms with E-state index < -0.39 is 0 Å². The van der Waals surface area contributed by atoms with E-state index in [1.807, 2.05) is 23.0 Å². The zero-order valence-electron chi connectivity index (χ0n) is 11.1. The standard InChI is InChI=1S/C13H22N2O2/c1-13(2,3)15-8-6-11(10-15)12(16)14-7-5-9-17-4/h6,8,10H,5,7,9H2,1-4H3,(H,14,16). The molecule has 1 rings (SSSR count). The topological polar surface area (TPSA) is 43.3 Å². The highest BCUT2D eigenvalue weighted by molar-refractivity contribution is 5.94. The molecule has 4 heteroatoms. The Morgan fingerprint density at radius 3 is 2.71 bits per heavy atom. The van der Waals surface area contributed by atoms with Crippen LogP contribution in [0, 0.1) is 0 Å². The van der Waals surface area contributed by atoms with Crippen LogP contribution in [0.4, 0.5) is 0 Å². The fraction of sp³-hybridized carbons (Fsp3) is 0.615. The molecule has 0 bridgehead atoms. The quantitative estimate of drug-likeness (QED) is 0.797. The molecule has 0 atom stereocenters. The summed E-state index contributed by atoms with van der Waals surface area (Å²) in [5.74, 6) is -0.0240. The summed E-state index contributed by atoms with van der Waals surface area (Å²) in [6, 6.07) is 1.84. The first-order valence-electron chi connectivity index (χ1n) is 5.91. The van der Waals surface area contributed by atoms with E-state index in [9.17, 15) is 4.79 Å². The molecule has 0 aromatic carbocycles. The average molecular weight is 238 g/mol. The van der Waals surface area contributed by atoms with Crippen molar-refractivity contribution < 1.29 is 9.53 Å². The molecule has 1 N–H and O–H groups in total. The van der Waals surface area contributed by atoms with E-state index >= 15 is 0 Å². The third-order valence-corrected chi connectivity index (χ3v) is 2.54. The lowest BCUT2D eigenvalue weighted by Crippen LogP contribution is -2.25. The fourth-order valence-electron chi connectivity index (χ4n) is 1.47. The summed E-state index contributed by atoms with van der Waals surface area (Å²) in [7, 11) is 1.66. The van der Waals surface area contributed by atoms with E-state index in [0.29, 0.717) is 18.7 Å². The number of amides is 1. The molecule has 4 nitrogen and oxygen atoms in total. The van der Waals surface area contributed by atoms with Crippen LogP contribution < -0.4 is 5.32 Å². The number of carbonyl (C=O) groups is 1. The van der Waals surface area contributed by atoms with Gasteiger partial charge in [0.15, 0.2) is 0 Å². The van der Waals surface area contributed by atoms with Crippen LogP contribution in [0.1, 0.15) is 37.6 Å². The third-order valence-electron chi connectivity index (χ3n) is 2.54. The molecular formula is C13H22N2O2. The Morgan fingerprint density at radius 2 is 2.18 bits per heavy atom. The molecule has 0 fully saturated rings. The molecule has 0 spiro atoms. The molecule has 0 aliphatic heterocycles. The molecule has 0 radical (unpaired) electrons. The van der Waals surface area contributed by atoms with Gasteiger partial charge < -0.3 is 14.6 Å². The van der Waals surface area contributed by atoms with Gasteiger partial charge in [-0.25, -0.2) is 0 Å². The van der Waals surface area contributed by atoms with E-state index in [1.165, 1.54) is 0 Å². The number of rotatable bonds is 5. The van der Waals surface area contributed by atoms with E-state index in [0.717, 1.165) is 6.42 Å². The number of methoxy groups -OCH3 is 1. The Labute approximate surface area is 103 Å². The second kappa shape index (κ2) is 5.87. The number of carbonyl (C=O) groups excluding carboxylic acids is 1. The number of nitrogens with one attached hydrogen (secondary N) is 1. The second-order valence-corrected chi connectivity index (χ2v) is 5.08. The lowest BCUT2D eigenvalue weighted by molar-refractivity contribution is 0.0948. The largest absolute Gasteiger partial charge is 0.385 e. The minimum absolute atomic E-state index is 0.00851. The summed E-state index contributed by atoms with van der Waals surface area (Å²) in [6.45, 7) is 7.63. The first-order chi connectivity index (χ1) is 7.95. The Morgan fingerprint density at radius 1 is 1.47 bits per heavy atom. The number of ether oxygens (including phenoxy) is 1. The van der Waals surface area contributed by atoms with Crippen LogP contribution >= 0.6 is 0 Å². The summed E-state index contributed by atoms with van der Waals surface area (Å²) < 4.78 is 6.96. The molecule has 0 aliphatic rings. The predicted octanol–water partition coefficient (Wildman–Crippen LogP) is 2.01. The predicted molar refractivity (Wildman–Crippen MR) is 68.3 cm³/mol. The van der Waals surface area contributed by atoms with Gasteiger partial charge in [-0.15, -0.1) is 0 Å². The third kappa shape index (κ3) is 4.23. The minimum Gasteiger partial charge on any atom is -0.385 e. The Hall–Kier alpha value is -1.29. The second-order valence-electron chi connectivity index (χ2n) is 5.08. The monoisotopic (exact) mass is 238 g/mol. The number of hydrogen-bond donors (Lipinski definition) is 1. The lowest BCUT2D eigenvalue weighted by atomic mass is 10.1. The van der Waals surface area contributed by atoms with Crippen molar-refractivity contribution in [1.82, 2.24) is 9.88 Å². The van der Waals surface area contributed by atoms with Crippen LogP contribution in [-0.2, 0) is 10.3 Å². The summed E-state index contributed by atoms with van der Waals surface area (Å²) >= 11 is 0. The molecule has 96 valence electrons. The zero-order valence-corrected chi connectivity index (χ0v) is 11.1. The first-order valence-corrected chi connectivity index (χ1v) is 5.91. The van der Waals surface area contributed by atoms with Crippen LogP contribution in [0.25, 0.3) is 0 Å². The van der Waals surface area contributed by atoms with Gasteiger partial charge in [-0.3, -0.25) is 4.79 Å². The van der Waals surface area contributed by atoms with Crippen molar-refractivity contribution in [2.24, 2.45) is 0 Å². The highest BCUT2D eigenvalue weighted by Gasteiger charge is 2.14. The van der Waals surface area contributed by atoms with Crippen molar-refractivity contribution in [3.63, 3.8) is 0 Å². The van der Waals surface area contributed by atoms with Crippen LogP contribution in [0.3, 0.4) is 0 Å². The maximum Gasteiger partial charge on any atom is 0.252 e. The van der Waals surface area contributed by atoms with Gasteiger partial charge in [-0.1, -0.05) is 0 Å². The van der Waals surface area contributed by atoms with Crippen LogP contribution in [0.2, 0.25) is 0 Å². The highest BCUT2D eigenvalue weighted by atomic mass is 16.5. The number of aromatic nitrogens is 1. The maximum absolute atomic E-state index is 11.8. The van der Waals surface area contributed by atoms with Crippen molar-refractivity contribution in [2.45, 2.75) is 32.7 Å². The summed E-state index contributed by atoms with van der Waals surface area (Å²) in [5.41, 5.74) is 0.714. The zero-order chi connectivity index (χ0) is 12.9. The molecule has 0 saturated carbocycles. The Balaban J connectivity index is 2.50. The van der Waals surface area contributed by atoms with Gasteiger partial charge in [0.05, 0.1) is 5.56 Å². The molecule has 1 amide bonds. The lowest BCUT2D eigenvalue weighted by Gasteiger charge is -2.20. The molecule has 1 aromatic rings. The summed E-state index contributed by atoms with van der Waals surface area (Å²) in [5, 5.41) is 2.87. The van der Waals surface area contributed by atoms with Crippen molar-refractivity contribution in [1.29, 1.82) is 0 Å². The van der Waals surface area contributed by atoms with Crippen LogP contribution in [0.15, 0.2) is 18.5 Å². The van der Waals surface area contributed by atoms with Gasteiger partial charge in [0, 0.05) is 38.2 Å². The van der Waals surface area contributed by atoms with E-state index in [-0.39, 0.29) is 11.4 Å². The van der Waals surface area contributed by atoms with Crippen LogP contribution in [-0.4, -0.2) is 30.7 Å². The molecule has 0 aliphatic carbocycles. The molecule has 1 aromatic heterocycles. The Kier molecular flexibility index (Phi) is 4.75. The number of hydrogen-bond acceptors (Lipinski definition) is 2. The molecule has 0 saturated heterocycles. The van der Waals surface area contributed by atoms with Crippen LogP contribution in [0.5, 0.6) is 0 Å². The Bertz CT molecular complexity index is 364. The van der Waals surface area contributed by atoms with E-state index in [2.05, 4.69) is 26.1 Å². The van der Waals surface area contributed by atoms with Crippen molar-refractivity contribution >= 4 is 5.91 Å². The fourth-order valence-corrected chi connectivity index (χ4v) is 1.47. The van der Waals surface area contributed by atoms with Gasteiger partial charge in [0.25, 0.3) is 5.91 Å². The van der Waals surface area contributed by atoms with Crippen molar-refractivity contribution in [3.05, 3.63) is 24.0 Å². The average Bonchev–Trinajstić information content (AvgIpc) is 2.72. The van der Waals surface area contributed by atoms with Gasteiger partial charge in [0.2, 0.25) is 0 Å². The van der Waals surface area contributed by atoms with Gasteiger partial charge in [-0.2, -0.15) is 0 Å². The first kappa shape index (κ1) is 13.8. The van der Waals surface area contributed by atoms with Gasteiger partial charge >= 0.3 is 0 Å². The maximum atomic E-state index is 11.8. The van der Waals surface area contributed by atoms with Gasteiger partial charge in [-0.05, 0) is 33.3 Å². The van der Waals surface area contributed by atoms with E-state index in [4.69, 9.17) is 4.74 Å². The highest BCUT2D eigenvalue weighted by Crippen LogP contribution is 2.15. The summed E-state index contributed by atoms with van der Waals surface area (Å²) in [6.07, 6.45) is 4.65. The normalized spacial score (nSPS) is 11.5.